The van der Waals surface area contributed by atoms with E-state index < -0.39 is 0 Å². The van der Waals surface area contributed by atoms with Crippen molar-refractivity contribution in [1.82, 2.24) is 0 Å². The summed E-state index contributed by atoms with van der Waals surface area (Å²) in [5.41, 5.74) is 2.03. The Bertz CT molecular complexity index is 844. The van der Waals surface area contributed by atoms with Gasteiger partial charge in [0.05, 0.1) is 26.8 Å². The Morgan fingerprint density at radius 2 is 1.79 bits per heavy atom. The van der Waals surface area contributed by atoms with E-state index in [0.29, 0.717) is 31.3 Å². The molecule has 0 radical (unpaired) electrons. The molecule has 0 bridgehead atoms. The maximum Gasteiger partial charge on any atom is 0.129 e. The molecule has 2 aliphatic rings. The SMILES string of the molecule is Fc1cccc(Cl)c1C1Nc2c(Cl)cc(Cl)c(Cl)c2C2C=CCC21. The third-order valence-corrected chi connectivity index (χ3v) is 6.22. The van der Waals surface area contributed by atoms with Gasteiger partial charge in [-0.3, -0.25) is 0 Å². The van der Waals surface area contributed by atoms with E-state index in [2.05, 4.69) is 17.5 Å². The zero-order chi connectivity index (χ0) is 17.0. The Morgan fingerprint density at radius 3 is 2.54 bits per heavy atom. The molecule has 0 fully saturated rings. The molecule has 124 valence electrons. The summed E-state index contributed by atoms with van der Waals surface area (Å²) < 4.78 is 14.5. The molecule has 3 unspecified atom stereocenters. The van der Waals surface area contributed by atoms with Crippen molar-refractivity contribution < 1.29 is 4.39 Å². The van der Waals surface area contributed by atoms with Crippen molar-refractivity contribution in [3.8, 4) is 0 Å². The third-order valence-electron chi connectivity index (χ3n) is 4.79. The fraction of sp³-hybridized carbons (Fsp3) is 0.222. The molecule has 0 spiro atoms. The van der Waals surface area contributed by atoms with Gasteiger partial charge < -0.3 is 5.32 Å². The van der Waals surface area contributed by atoms with E-state index >= 15 is 0 Å². The van der Waals surface area contributed by atoms with Gasteiger partial charge in [0.1, 0.15) is 5.82 Å². The van der Waals surface area contributed by atoms with Crippen molar-refractivity contribution >= 4 is 52.1 Å². The van der Waals surface area contributed by atoms with Crippen LogP contribution in [0.4, 0.5) is 10.1 Å². The monoisotopic (exact) mass is 401 g/mol. The van der Waals surface area contributed by atoms with Crippen LogP contribution >= 0.6 is 46.4 Å². The molecule has 3 atom stereocenters. The first kappa shape index (κ1) is 16.5. The van der Waals surface area contributed by atoms with Gasteiger partial charge in [0.25, 0.3) is 0 Å². The minimum Gasteiger partial charge on any atom is -0.376 e. The van der Waals surface area contributed by atoms with Crippen LogP contribution in [0.15, 0.2) is 36.4 Å². The quantitative estimate of drug-likeness (QED) is 0.390. The molecule has 24 heavy (non-hydrogen) atoms. The fourth-order valence-corrected chi connectivity index (χ4v) is 4.84. The lowest BCUT2D eigenvalue weighted by Gasteiger charge is -2.39. The summed E-state index contributed by atoms with van der Waals surface area (Å²) >= 11 is 25.3. The zero-order valence-electron chi connectivity index (χ0n) is 12.3. The molecule has 2 aromatic rings. The Labute approximate surface area is 159 Å². The first-order chi connectivity index (χ1) is 11.5. The molecule has 2 aromatic carbocycles. The van der Waals surface area contributed by atoms with Crippen LogP contribution in [-0.2, 0) is 0 Å². The van der Waals surface area contributed by atoms with Gasteiger partial charge in [-0.1, -0.05) is 64.6 Å². The predicted octanol–water partition coefficient (Wildman–Crippen LogP) is 7.27. The molecule has 1 aliphatic carbocycles. The standard InChI is InChI=1S/C18H12Cl4FN/c19-10-5-2-6-13(23)15(10)17-9-4-1-3-8(9)14-16(22)11(20)7-12(21)18(14)24-17/h1-3,5-9,17,24H,4H2. The first-order valence-electron chi connectivity index (χ1n) is 7.53. The second kappa shape index (κ2) is 6.10. The van der Waals surface area contributed by atoms with Gasteiger partial charge in [0.2, 0.25) is 0 Å². The summed E-state index contributed by atoms with van der Waals surface area (Å²) in [7, 11) is 0. The summed E-state index contributed by atoms with van der Waals surface area (Å²) in [5, 5.41) is 5.14. The number of benzene rings is 2. The largest absolute Gasteiger partial charge is 0.376 e. The highest BCUT2D eigenvalue weighted by Crippen LogP contribution is 2.55. The number of allylic oxidation sites excluding steroid dienone is 2. The zero-order valence-corrected chi connectivity index (χ0v) is 15.3. The average Bonchev–Trinajstić information content (AvgIpc) is 3.01. The van der Waals surface area contributed by atoms with Crippen molar-refractivity contribution in [1.29, 1.82) is 0 Å². The Balaban J connectivity index is 1.92. The van der Waals surface area contributed by atoms with Gasteiger partial charge in [-0.2, -0.15) is 0 Å². The van der Waals surface area contributed by atoms with Gasteiger partial charge in [0, 0.05) is 22.1 Å². The topological polar surface area (TPSA) is 12.0 Å². The Morgan fingerprint density at radius 1 is 1.00 bits per heavy atom. The van der Waals surface area contributed by atoms with E-state index in [4.69, 9.17) is 46.4 Å². The van der Waals surface area contributed by atoms with Gasteiger partial charge in [-0.15, -0.1) is 0 Å². The van der Waals surface area contributed by atoms with Crippen LogP contribution in [0.25, 0.3) is 0 Å². The van der Waals surface area contributed by atoms with E-state index in [-0.39, 0.29) is 23.7 Å². The molecular weight excluding hydrogens is 391 g/mol. The summed E-state index contributed by atoms with van der Waals surface area (Å²) in [5.74, 6) is -0.213. The van der Waals surface area contributed by atoms with Gasteiger partial charge in [-0.05, 0) is 30.5 Å². The fourth-order valence-electron chi connectivity index (χ4n) is 3.76. The van der Waals surface area contributed by atoms with Crippen LogP contribution in [-0.4, -0.2) is 0 Å². The van der Waals surface area contributed by atoms with E-state index in [1.54, 1.807) is 18.2 Å². The van der Waals surface area contributed by atoms with E-state index in [0.717, 1.165) is 12.0 Å². The predicted molar refractivity (Wildman–Crippen MR) is 99.2 cm³/mol. The number of anilines is 1. The van der Waals surface area contributed by atoms with Crippen LogP contribution in [0, 0.1) is 11.7 Å². The molecule has 6 heteroatoms. The number of rotatable bonds is 1. The van der Waals surface area contributed by atoms with E-state index in [1.807, 2.05) is 0 Å². The van der Waals surface area contributed by atoms with E-state index in [1.165, 1.54) is 6.07 Å². The highest BCUT2D eigenvalue weighted by atomic mass is 35.5. The number of hydrogen-bond donors (Lipinski definition) is 1. The van der Waals surface area contributed by atoms with Crippen LogP contribution < -0.4 is 5.32 Å². The molecule has 0 saturated carbocycles. The number of fused-ring (bicyclic) bond motifs is 3. The molecule has 1 N–H and O–H groups in total. The normalized spacial score (nSPS) is 24.5. The minimum atomic E-state index is -0.328. The molecule has 0 aromatic heterocycles. The summed E-state index contributed by atoms with van der Waals surface area (Å²) in [6.45, 7) is 0. The number of hydrogen-bond acceptors (Lipinski definition) is 1. The second-order valence-corrected chi connectivity index (χ2v) is 7.65. The lowest BCUT2D eigenvalue weighted by Crippen LogP contribution is -2.30. The molecule has 0 amide bonds. The molecular formula is C18H12Cl4FN. The maximum atomic E-state index is 14.5. The molecule has 4 rings (SSSR count). The highest BCUT2D eigenvalue weighted by Gasteiger charge is 2.42. The lowest BCUT2D eigenvalue weighted by atomic mass is 9.77. The van der Waals surface area contributed by atoms with Crippen LogP contribution in [0.2, 0.25) is 20.1 Å². The highest BCUT2D eigenvalue weighted by molar-refractivity contribution is 6.44. The van der Waals surface area contributed by atoms with Gasteiger partial charge >= 0.3 is 0 Å². The molecule has 1 nitrogen and oxygen atoms in total. The minimum absolute atomic E-state index is 0.0191. The third kappa shape index (κ3) is 2.43. The van der Waals surface area contributed by atoms with E-state index in [9.17, 15) is 4.39 Å². The van der Waals surface area contributed by atoms with Crippen LogP contribution in [0.1, 0.15) is 29.5 Å². The van der Waals surface area contributed by atoms with Crippen molar-refractivity contribution in [3.63, 3.8) is 0 Å². The van der Waals surface area contributed by atoms with Crippen molar-refractivity contribution in [2.24, 2.45) is 5.92 Å². The van der Waals surface area contributed by atoms with Crippen molar-refractivity contribution in [2.45, 2.75) is 18.4 Å². The van der Waals surface area contributed by atoms with Crippen molar-refractivity contribution in [3.05, 3.63) is 73.5 Å². The summed E-state index contributed by atoms with van der Waals surface area (Å²) in [6.07, 6.45) is 4.97. The van der Waals surface area contributed by atoms with Crippen LogP contribution in [0.3, 0.4) is 0 Å². The number of nitrogens with one attached hydrogen (secondary N) is 1. The number of halogens is 5. The summed E-state index contributed by atoms with van der Waals surface area (Å²) in [4.78, 5) is 0. The Hall–Kier alpha value is -0.930. The molecule has 0 saturated heterocycles. The first-order valence-corrected chi connectivity index (χ1v) is 9.04. The molecule has 1 aliphatic heterocycles. The average molecular weight is 403 g/mol. The second-order valence-electron chi connectivity index (χ2n) is 6.05. The van der Waals surface area contributed by atoms with Crippen LogP contribution in [0.5, 0.6) is 0 Å². The smallest absolute Gasteiger partial charge is 0.129 e. The lowest BCUT2D eigenvalue weighted by molar-refractivity contribution is 0.413. The van der Waals surface area contributed by atoms with Crippen molar-refractivity contribution in [2.75, 3.05) is 5.32 Å². The van der Waals surface area contributed by atoms with Gasteiger partial charge in [0.15, 0.2) is 0 Å². The Kier molecular flexibility index (Phi) is 4.20. The molecule has 1 heterocycles. The van der Waals surface area contributed by atoms with Gasteiger partial charge in [-0.25, -0.2) is 4.39 Å². The summed E-state index contributed by atoms with van der Waals surface area (Å²) in [6, 6.07) is 6.04. The maximum absolute atomic E-state index is 14.5.